The van der Waals surface area contributed by atoms with Gasteiger partial charge in [-0.1, -0.05) is 24.3 Å². The highest BCUT2D eigenvalue weighted by molar-refractivity contribution is 9.10. The first-order chi connectivity index (χ1) is 20.9. The summed E-state index contributed by atoms with van der Waals surface area (Å²) < 4.78 is 32.3. The van der Waals surface area contributed by atoms with Crippen molar-refractivity contribution in [1.82, 2.24) is 9.66 Å². The number of furan rings is 1. The number of halogens is 2. The molecule has 0 saturated carbocycles. The molecular formula is C32H22BrFN4O5. The molecule has 6 rings (SSSR count). The molecule has 0 atom stereocenters. The maximum absolute atomic E-state index is 13.6. The third-order valence-electron chi connectivity index (χ3n) is 6.46. The van der Waals surface area contributed by atoms with Crippen molar-refractivity contribution in [2.75, 3.05) is 19.0 Å². The Labute approximate surface area is 252 Å². The molecule has 2 aromatic heterocycles. The minimum absolute atomic E-state index is 0.224. The minimum atomic E-state index is -0.453. The smallest absolute Gasteiger partial charge is 0.282 e. The van der Waals surface area contributed by atoms with Gasteiger partial charge in [0.15, 0.2) is 12.4 Å². The van der Waals surface area contributed by atoms with E-state index in [9.17, 15) is 14.0 Å². The van der Waals surface area contributed by atoms with E-state index in [1.165, 1.54) is 29.1 Å². The Morgan fingerprint density at radius 1 is 1.02 bits per heavy atom. The number of anilines is 1. The first kappa shape index (κ1) is 27.9. The molecule has 4 aromatic carbocycles. The van der Waals surface area contributed by atoms with E-state index in [2.05, 4.69) is 26.3 Å². The minimum Gasteiger partial charge on any atom is -0.496 e. The van der Waals surface area contributed by atoms with Crippen molar-refractivity contribution < 1.29 is 23.1 Å². The average Bonchev–Trinajstić information content (AvgIpc) is 3.45. The number of amides is 1. The lowest BCUT2D eigenvalue weighted by Gasteiger charge is -2.10. The van der Waals surface area contributed by atoms with Crippen LogP contribution in [0.5, 0.6) is 11.5 Å². The zero-order valence-corrected chi connectivity index (χ0v) is 24.2. The predicted molar refractivity (Wildman–Crippen MR) is 165 cm³/mol. The number of hydrogen-bond acceptors (Lipinski definition) is 7. The number of nitrogens with one attached hydrogen (secondary N) is 1. The van der Waals surface area contributed by atoms with E-state index in [-0.39, 0.29) is 18.0 Å². The molecule has 0 unspecified atom stereocenters. The summed E-state index contributed by atoms with van der Waals surface area (Å²) in [7, 11) is 1.58. The number of carbonyl (C=O) groups is 1. The summed E-state index contributed by atoms with van der Waals surface area (Å²) in [6, 6.07) is 24.9. The largest absolute Gasteiger partial charge is 0.496 e. The molecule has 9 nitrogen and oxygen atoms in total. The Hall–Kier alpha value is -5.29. The second-order valence-electron chi connectivity index (χ2n) is 9.33. The lowest BCUT2D eigenvalue weighted by molar-refractivity contribution is -0.118. The molecule has 11 heteroatoms. The molecule has 0 bridgehead atoms. The molecule has 0 fully saturated rings. The van der Waals surface area contributed by atoms with Crippen LogP contribution in [0.3, 0.4) is 0 Å². The molecule has 0 spiro atoms. The van der Waals surface area contributed by atoms with Gasteiger partial charge >= 0.3 is 0 Å². The van der Waals surface area contributed by atoms with Crippen molar-refractivity contribution in [3.8, 4) is 23.1 Å². The highest BCUT2D eigenvalue weighted by atomic mass is 79.9. The second kappa shape index (κ2) is 11.9. The van der Waals surface area contributed by atoms with Crippen LogP contribution in [0.1, 0.15) is 5.56 Å². The average molecular weight is 641 g/mol. The lowest BCUT2D eigenvalue weighted by Crippen LogP contribution is -2.20. The van der Waals surface area contributed by atoms with Gasteiger partial charge < -0.3 is 19.2 Å². The van der Waals surface area contributed by atoms with E-state index in [1.54, 1.807) is 67.8 Å². The van der Waals surface area contributed by atoms with Crippen LogP contribution in [0.15, 0.2) is 110 Å². The van der Waals surface area contributed by atoms with E-state index in [1.807, 2.05) is 12.1 Å². The Morgan fingerprint density at radius 2 is 1.86 bits per heavy atom. The summed E-state index contributed by atoms with van der Waals surface area (Å²) in [5.74, 6) is 0.715. The summed E-state index contributed by atoms with van der Waals surface area (Å²) in [6.07, 6.45) is 1.51. The molecule has 0 aliphatic rings. The topological polar surface area (TPSA) is 108 Å². The Balaban J connectivity index is 1.28. The number of benzene rings is 4. The van der Waals surface area contributed by atoms with Crippen molar-refractivity contribution >= 4 is 55.6 Å². The highest BCUT2D eigenvalue weighted by Gasteiger charge is 2.18. The zero-order chi connectivity index (χ0) is 29.9. The third-order valence-corrected chi connectivity index (χ3v) is 7.08. The second-order valence-corrected chi connectivity index (χ2v) is 10.2. The number of carbonyl (C=O) groups excluding carboxylic acids is 1. The molecule has 1 amide bonds. The van der Waals surface area contributed by atoms with Crippen LogP contribution in [0.2, 0.25) is 0 Å². The fourth-order valence-corrected chi connectivity index (χ4v) is 4.97. The van der Waals surface area contributed by atoms with Crippen molar-refractivity contribution in [2.45, 2.75) is 0 Å². The number of hydrogen-bond donors (Lipinski definition) is 1. The first-order valence-corrected chi connectivity index (χ1v) is 13.8. The van der Waals surface area contributed by atoms with Crippen LogP contribution < -0.4 is 20.3 Å². The molecule has 6 aromatic rings. The van der Waals surface area contributed by atoms with Crippen LogP contribution in [-0.4, -0.2) is 35.5 Å². The summed E-state index contributed by atoms with van der Waals surface area (Å²) in [6.45, 7) is -0.285. The van der Waals surface area contributed by atoms with Crippen molar-refractivity contribution in [3.63, 3.8) is 0 Å². The van der Waals surface area contributed by atoms with Gasteiger partial charge in [0.2, 0.25) is 5.82 Å². The van der Waals surface area contributed by atoms with E-state index in [4.69, 9.17) is 18.9 Å². The monoisotopic (exact) mass is 640 g/mol. The summed E-state index contributed by atoms with van der Waals surface area (Å²) >= 11 is 3.46. The van der Waals surface area contributed by atoms with Gasteiger partial charge in [-0.25, -0.2) is 9.37 Å². The van der Waals surface area contributed by atoms with Crippen molar-refractivity contribution in [2.24, 2.45) is 5.10 Å². The normalized spacial score (nSPS) is 11.3. The number of methoxy groups -OCH3 is 1. The summed E-state index contributed by atoms with van der Waals surface area (Å²) in [5.41, 5.74) is 1.69. The molecule has 43 heavy (non-hydrogen) atoms. The third kappa shape index (κ3) is 5.88. The number of rotatable bonds is 8. The predicted octanol–water partition coefficient (Wildman–Crippen LogP) is 6.62. The van der Waals surface area contributed by atoms with Crippen LogP contribution in [0, 0.1) is 5.82 Å². The number of nitrogens with zero attached hydrogens (tertiary/aromatic N) is 3. The van der Waals surface area contributed by atoms with Crippen molar-refractivity contribution in [1.29, 1.82) is 0 Å². The Bertz CT molecular complexity index is 2090. The molecular weight excluding hydrogens is 619 g/mol. The van der Waals surface area contributed by atoms with E-state index >= 15 is 0 Å². The SMILES string of the molecule is COc1cccc2oc(-c3nc4ccccc4c(=O)n3N=Cc3ccc(OCC(=O)Nc4cccc(F)c4)c(Br)c3)cc12. The van der Waals surface area contributed by atoms with Crippen LogP contribution >= 0.6 is 15.9 Å². The van der Waals surface area contributed by atoms with Gasteiger partial charge in [-0.15, -0.1) is 0 Å². The molecule has 0 radical (unpaired) electrons. The van der Waals surface area contributed by atoms with Gasteiger partial charge in [0.05, 0.1) is 34.1 Å². The molecule has 0 aliphatic carbocycles. The van der Waals surface area contributed by atoms with Crippen LogP contribution in [0.25, 0.3) is 33.5 Å². The van der Waals surface area contributed by atoms with Gasteiger partial charge in [-0.3, -0.25) is 9.59 Å². The number of fused-ring (bicyclic) bond motifs is 2. The first-order valence-electron chi connectivity index (χ1n) is 13.0. The molecule has 2 heterocycles. The van der Waals surface area contributed by atoms with Gasteiger partial charge in [0.25, 0.3) is 11.5 Å². The van der Waals surface area contributed by atoms with Crippen molar-refractivity contribution in [3.05, 3.63) is 117 Å². The zero-order valence-electron chi connectivity index (χ0n) is 22.6. The van der Waals surface area contributed by atoms with E-state index in [0.717, 1.165) is 5.39 Å². The van der Waals surface area contributed by atoms with Gasteiger partial charge in [-0.2, -0.15) is 9.78 Å². The van der Waals surface area contributed by atoms with Gasteiger partial charge in [-0.05, 0) is 88.2 Å². The van der Waals surface area contributed by atoms with Gasteiger partial charge in [0, 0.05) is 5.69 Å². The molecule has 214 valence electrons. The molecule has 0 saturated heterocycles. The summed E-state index contributed by atoms with van der Waals surface area (Å²) in [5, 5.41) is 8.20. The quantitative estimate of drug-likeness (QED) is 0.187. The van der Waals surface area contributed by atoms with Gasteiger partial charge in [0.1, 0.15) is 22.9 Å². The fourth-order valence-electron chi connectivity index (χ4n) is 4.46. The maximum atomic E-state index is 13.6. The molecule has 1 N–H and O–H groups in total. The Kier molecular flexibility index (Phi) is 7.71. The van der Waals surface area contributed by atoms with Crippen LogP contribution in [0.4, 0.5) is 10.1 Å². The lowest BCUT2D eigenvalue weighted by atomic mass is 10.2. The maximum Gasteiger partial charge on any atom is 0.282 e. The molecule has 0 aliphatic heterocycles. The van der Waals surface area contributed by atoms with Crippen LogP contribution in [-0.2, 0) is 4.79 Å². The van der Waals surface area contributed by atoms with E-state index < -0.39 is 11.7 Å². The fraction of sp³-hybridized carbons (Fsp3) is 0.0625. The number of ether oxygens (including phenoxy) is 2. The highest BCUT2D eigenvalue weighted by Crippen LogP contribution is 2.33. The standard InChI is InChI=1S/C32H22BrFN4O5/c1-41-26-10-5-11-27-23(26)16-29(43-27)31-37-25-9-3-2-8-22(25)32(40)38(31)35-17-19-12-13-28(24(33)14-19)42-18-30(39)36-21-7-4-6-20(34)15-21/h2-17H,18H2,1H3,(H,36,39). The number of aromatic nitrogens is 2. The summed E-state index contributed by atoms with van der Waals surface area (Å²) in [4.78, 5) is 30.5. The number of para-hydroxylation sites is 1. The Morgan fingerprint density at radius 3 is 2.67 bits per heavy atom. The van der Waals surface area contributed by atoms with E-state index in [0.29, 0.717) is 49.5 Å².